The van der Waals surface area contributed by atoms with Crippen molar-refractivity contribution in [2.75, 3.05) is 0 Å². The van der Waals surface area contributed by atoms with Gasteiger partial charge >= 0.3 is 12.1 Å². The second kappa shape index (κ2) is 3.97. The molecule has 0 bridgehead atoms. The third-order valence-electron chi connectivity index (χ3n) is 1.69. The van der Waals surface area contributed by atoms with Gasteiger partial charge in [-0.1, -0.05) is 11.6 Å². The first-order chi connectivity index (χ1) is 7.20. The fourth-order valence-electron chi connectivity index (χ4n) is 0.845. The Bertz CT molecular complexity index is 417. The molecule has 1 rings (SSSR count). The van der Waals surface area contributed by atoms with Crippen molar-refractivity contribution in [3.8, 4) is 0 Å². The third-order valence-corrected chi connectivity index (χ3v) is 2.01. The highest BCUT2D eigenvalue weighted by Crippen LogP contribution is 2.43. The number of alkyl halides is 5. The van der Waals surface area contributed by atoms with Crippen LogP contribution in [0.25, 0.3) is 0 Å². The molecule has 16 heavy (non-hydrogen) atoms. The SMILES string of the molecule is O=Cc1cnc(C(F)(F)C(F)(F)F)cc1Cl. The number of rotatable bonds is 2. The number of carbonyl (C=O) groups excluding carboxylic acids is 1. The van der Waals surface area contributed by atoms with Gasteiger partial charge < -0.3 is 0 Å². The van der Waals surface area contributed by atoms with Gasteiger partial charge in [0.15, 0.2) is 6.29 Å². The summed E-state index contributed by atoms with van der Waals surface area (Å²) in [5, 5.41) is -0.510. The first kappa shape index (κ1) is 12.8. The molecule has 0 radical (unpaired) electrons. The van der Waals surface area contributed by atoms with Crippen LogP contribution in [0.15, 0.2) is 12.3 Å². The maximum atomic E-state index is 12.7. The molecule has 0 saturated carbocycles. The lowest BCUT2D eigenvalue weighted by Gasteiger charge is -2.18. The topological polar surface area (TPSA) is 30.0 Å². The van der Waals surface area contributed by atoms with Crippen LogP contribution in [0, 0.1) is 0 Å². The van der Waals surface area contributed by atoms with E-state index in [1.807, 2.05) is 0 Å². The van der Waals surface area contributed by atoms with Crippen molar-refractivity contribution in [3.63, 3.8) is 0 Å². The van der Waals surface area contributed by atoms with E-state index < -0.39 is 22.8 Å². The number of hydrogen-bond acceptors (Lipinski definition) is 2. The Balaban J connectivity index is 3.25. The van der Waals surface area contributed by atoms with E-state index in [1.165, 1.54) is 0 Å². The summed E-state index contributed by atoms with van der Waals surface area (Å²) in [6, 6.07) is 0.318. The summed E-state index contributed by atoms with van der Waals surface area (Å²) >= 11 is 5.31. The largest absolute Gasteiger partial charge is 0.459 e. The van der Waals surface area contributed by atoms with E-state index in [-0.39, 0.29) is 11.8 Å². The van der Waals surface area contributed by atoms with Crippen LogP contribution in [-0.2, 0) is 5.92 Å². The number of halogens is 6. The molecule has 0 aliphatic heterocycles. The normalized spacial score (nSPS) is 12.6. The molecule has 0 saturated heterocycles. The Labute approximate surface area is 91.0 Å². The fraction of sp³-hybridized carbons (Fsp3) is 0.250. The van der Waals surface area contributed by atoms with Gasteiger partial charge in [-0.25, -0.2) is 0 Å². The van der Waals surface area contributed by atoms with Gasteiger partial charge in [-0.3, -0.25) is 9.78 Å². The zero-order chi connectivity index (χ0) is 12.6. The second-order valence-corrected chi connectivity index (χ2v) is 3.19. The summed E-state index contributed by atoms with van der Waals surface area (Å²) in [7, 11) is 0. The minimum absolute atomic E-state index is 0.199. The molecule has 1 aromatic heterocycles. The van der Waals surface area contributed by atoms with Crippen LogP contribution in [0.4, 0.5) is 22.0 Å². The minimum atomic E-state index is -5.76. The molecule has 2 nitrogen and oxygen atoms in total. The van der Waals surface area contributed by atoms with Crippen LogP contribution >= 0.6 is 11.6 Å². The molecule has 0 fully saturated rings. The highest BCUT2D eigenvalue weighted by Gasteiger charge is 2.60. The molecule has 0 aromatic carbocycles. The summed E-state index contributed by atoms with van der Waals surface area (Å²) in [5.74, 6) is -5.10. The summed E-state index contributed by atoms with van der Waals surface area (Å²) in [5.41, 5.74) is -1.81. The number of hydrogen-bond donors (Lipinski definition) is 0. The molecule has 0 N–H and O–H groups in total. The summed E-state index contributed by atoms with van der Waals surface area (Å²) in [4.78, 5) is 13.1. The van der Waals surface area contributed by atoms with Crippen LogP contribution in [0.1, 0.15) is 16.1 Å². The number of carbonyl (C=O) groups is 1. The molecular weight excluding hydrogens is 257 g/mol. The lowest BCUT2D eigenvalue weighted by atomic mass is 10.2. The number of nitrogens with zero attached hydrogens (tertiary/aromatic N) is 1. The van der Waals surface area contributed by atoms with Gasteiger partial charge in [-0.15, -0.1) is 0 Å². The maximum absolute atomic E-state index is 12.7. The van der Waals surface area contributed by atoms with E-state index in [9.17, 15) is 26.7 Å². The van der Waals surface area contributed by atoms with Crippen molar-refractivity contribution < 1.29 is 26.7 Å². The van der Waals surface area contributed by atoms with Gasteiger partial charge in [0.05, 0.1) is 10.6 Å². The average molecular weight is 260 g/mol. The van der Waals surface area contributed by atoms with E-state index in [4.69, 9.17) is 11.6 Å². The van der Waals surface area contributed by atoms with E-state index in [0.717, 1.165) is 0 Å². The van der Waals surface area contributed by atoms with Crippen LogP contribution in [0.2, 0.25) is 5.02 Å². The predicted octanol–water partition coefficient (Wildman–Crippen LogP) is 3.20. The molecule has 0 aliphatic rings. The lowest BCUT2D eigenvalue weighted by Crippen LogP contribution is -2.34. The van der Waals surface area contributed by atoms with Crippen molar-refractivity contribution in [2.24, 2.45) is 0 Å². The van der Waals surface area contributed by atoms with Gasteiger partial charge in [0.1, 0.15) is 5.69 Å². The second-order valence-electron chi connectivity index (χ2n) is 2.78. The van der Waals surface area contributed by atoms with Gasteiger partial charge in [-0.05, 0) is 6.07 Å². The molecule has 0 spiro atoms. The number of aldehydes is 1. The number of aromatic nitrogens is 1. The van der Waals surface area contributed by atoms with Gasteiger partial charge in [-0.2, -0.15) is 22.0 Å². The zero-order valence-electron chi connectivity index (χ0n) is 7.36. The number of pyridine rings is 1. The van der Waals surface area contributed by atoms with E-state index in [2.05, 4.69) is 4.98 Å². The van der Waals surface area contributed by atoms with Gasteiger partial charge in [0.25, 0.3) is 0 Å². The smallest absolute Gasteiger partial charge is 0.298 e. The van der Waals surface area contributed by atoms with Crippen molar-refractivity contribution in [1.29, 1.82) is 0 Å². The first-order valence-electron chi connectivity index (χ1n) is 3.76. The molecule has 0 amide bonds. The highest BCUT2D eigenvalue weighted by molar-refractivity contribution is 6.32. The van der Waals surface area contributed by atoms with Crippen molar-refractivity contribution in [1.82, 2.24) is 4.98 Å². The van der Waals surface area contributed by atoms with Crippen LogP contribution in [0.5, 0.6) is 0 Å². The first-order valence-corrected chi connectivity index (χ1v) is 4.13. The Hall–Kier alpha value is -1.24. The summed E-state index contributed by atoms with van der Waals surface area (Å²) < 4.78 is 61.3. The quantitative estimate of drug-likeness (QED) is 0.603. The molecule has 0 aliphatic carbocycles. The Kier molecular flexibility index (Phi) is 3.18. The monoisotopic (exact) mass is 259 g/mol. The Morgan fingerprint density at radius 3 is 2.19 bits per heavy atom. The van der Waals surface area contributed by atoms with Crippen LogP contribution in [0.3, 0.4) is 0 Å². The summed E-state index contributed by atoms with van der Waals surface area (Å²) in [6.45, 7) is 0. The van der Waals surface area contributed by atoms with Crippen molar-refractivity contribution >= 4 is 17.9 Å². The van der Waals surface area contributed by atoms with E-state index >= 15 is 0 Å². The molecule has 0 unspecified atom stereocenters. The molecular formula is C8H3ClF5NO. The van der Waals surface area contributed by atoms with Crippen molar-refractivity contribution in [3.05, 3.63) is 28.5 Å². The molecule has 1 heterocycles. The molecule has 1 aromatic rings. The van der Waals surface area contributed by atoms with Gasteiger partial charge in [0, 0.05) is 6.20 Å². The maximum Gasteiger partial charge on any atom is 0.459 e. The molecule has 8 heteroatoms. The van der Waals surface area contributed by atoms with Crippen LogP contribution < -0.4 is 0 Å². The lowest BCUT2D eigenvalue weighted by molar-refractivity contribution is -0.290. The van der Waals surface area contributed by atoms with E-state index in [1.54, 1.807) is 0 Å². The fourth-order valence-corrected chi connectivity index (χ4v) is 1.04. The van der Waals surface area contributed by atoms with Gasteiger partial charge in [0.2, 0.25) is 0 Å². The predicted molar refractivity (Wildman–Crippen MR) is 44.6 cm³/mol. The Morgan fingerprint density at radius 1 is 1.25 bits per heavy atom. The highest BCUT2D eigenvalue weighted by atomic mass is 35.5. The third kappa shape index (κ3) is 2.13. The molecule has 88 valence electrons. The van der Waals surface area contributed by atoms with Crippen molar-refractivity contribution in [2.45, 2.75) is 12.1 Å². The summed E-state index contributed by atoms with van der Waals surface area (Å²) in [6.07, 6.45) is -5.00. The zero-order valence-corrected chi connectivity index (χ0v) is 8.11. The molecule has 0 atom stereocenters. The minimum Gasteiger partial charge on any atom is -0.298 e. The Morgan fingerprint density at radius 2 is 1.81 bits per heavy atom. The average Bonchev–Trinajstić information content (AvgIpc) is 2.15. The van der Waals surface area contributed by atoms with E-state index in [0.29, 0.717) is 12.3 Å². The van der Waals surface area contributed by atoms with Crippen LogP contribution in [-0.4, -0.2) is 17.4 Å². The standard InChI is InChI=1S/C8H3ClF5NO/c9-5-1-6(15-2-4(5)3-16)7(10,11)8(12,13)14/h1-3H.